The van der Waals surface area contributed by atoms with E-state index in [0.717, 1.165) is 5.92 Å². The molecule has 1 heteroatoms. The van der Waals surface area contributed by atoms with Gasteiger partial charge in [0.05, 0.1) is 0 Å². The Bertz CT molecular complexity index is 167. The van der Waals surface area contributed by atoms with Crippen molar-refractivity contribution in [1.29, 1.82) is 0 Å². The molecule has 0 aromatic rings. The van der Waals surface area contributed by atoms with Gasteiger partial charge in [0, 0.05) is 6.04 Å². The van der Waals surface area contributed by atoms with Crippen molar-refractivity contribution in [2.45, 2.75) is 104 Å². The minimum Gasteiger partial charge on any atom is -0.314 e. The zero-order valence-corrected chi connectivity index (χ0v) is 14.1. The summed E-state index contributed by atoms with van der Waals surface area (Å²) in [5.41, 5.74) is 0. The summed E-state index contributed by atoms with van der Waals surface area (Å²) in [6, 6.07) is 0.703. The van der Waals surface area contributed by atoms with Gasteiger partial charge < -0.3 is 5.32 Å². The second-order valence-electron chi connectivity index (χ2n) is 6.17. The van der Waals surface area contributed by atoms with Crippen LogP contribution in [0.15, 0.2) is 0 Å². The Morgan fingerprint density at radius 2 is 1.32 bits per heavy atom. The highest BCUT2D eigenvalue weighted by Crippen LogP contribution is 2.18. The topological polar surface area (TPSA) is 12.0 Å². The van der Waals surface area contributed by atoms with Gasteiger partial charge in [0.2, 0.25) is 0 Å². The lowest BCUT2D eigenvalue weighted by atomic mass is 9.91. The fourth-order valence-corrected chi connectivity index (χ4v) is 2.89. The smallest absolute Gasteiger partial charge is 0.00668 e. The quantitative estimate of drug-likeness (QED) is 0.385. The Kier molecular flexibility index (Phi) is 14.3. The summed E-state index contributed by atoms with van der Waals surface area (Å²) < 4.78 is 0. The van der Waals surface area contributed by atoms with Crippen LogP contribution in [0, 0.1) is 5.92 Å². The molecule has 1 nitrogen and oxygen atoms in total. The molecule has 19 heavy (non-hydrogen) atoms. The molecule has 0 spiro atoms. The molecule has 116 valence electrons. The molecular weight excluding hydrogens is 230 g/mol. The second kappa shape index (κ2) is 14.4. The summed E-state index contributed by atoms with van der Waals surface area (Å²) in [6.07, 6.45) is 15.5. The molecule has 0 aromatic heterocycles. The second-order valence-corrected chi connectivity index (χ2v) is 6.17. The zero-order valence-electron chi connectivity index (χ0n) is 14.1. The van der Waals surface area contributed by atoms with Crippen molar-refractivity contribution in [1.82, 2.24) is 5.32 Å². The van der Waals surface area contributed by atoms with Gasteiger partial charge in [-0.05, 0) is 32.2 Å². The van der Waals surface area contributed by atoms with Gasteiger partial charge in [0.25, 0.3) is 0 Å². The van der Waals surface area contributed by atoms with Crippen LogP contribution >= 0.6 is 0 Å². The molecule has 0 amide bonds. The van der Waals surface area contributed by atoms with Crippen molar-refractivity contribution in [2.75, 3.05) is 6.54 Å². The SMILES string of the molecule is CCCCCCCCCCC(CC)C(C)NCCC. The van der Waals surface area contributed by atoms with Crippen LogP contribution in [0.1, 0.15) is 98.3 Å². The molecule has 0 fully saturated rings. The highest BCUT2D eigenvalue weighted by Gasteiger charge is 2.13. The average Bonchev–Trinajstić information content (AvgIpc) is 2.43. The maximum Gasteiger partial charge on any atom is 0.00668 e. The fourth-order valence-electron chi connectivity index (χ4n) is 2.89. The van der Waals surface area contributed by atoms with Crippen LogP contribution in [0.2, 0.25) is 0 Å². The first-order valence-electron chi connectivity index (χ1n) is 8.99. The number of rotatable bonds is 14. The summed E-state index contributed by atoms with van der Waals surface area (Å²) >= 11 is 0. The number of hydrogen-bond acceptors (Lipinski definition) is 1. The maximum atomic E-state index is 3.66. The van der Waals surface area contributed by atoms with Crippen LogP contribution in [0.25, 0.3) is 0 Å². The van der Waals surface area contributed by atoms with Crippen molar-refractivity contribution in [3.05, 3.63) is 0 Å². The minimum atomic E-state index is 0.703. The summed E-state index contributed by atoms with van der Waals surface area (Å²) in [6.45, 7) is 10.4. The van der Waals surface area contributed by atoms with E-state index in [1.54, 1.807) is 0 Å². The van der Waals surface area contributed by atoms with Gasteiger partial charge in [0.15, 0.2) is 0 Å². The van der Waals surface area contributed by atoms with Crippen molar-refractivity contribution in [3.8, 4) is 0 Å². The van der Waals surface area contributed by atoms with Crippen molar-refractivity contribution < 1.29 is 0 Å². The lowest BCUT2D eigenvalue weighted by Crippen LogP contribution is -2.33. The van der Waals surface area contributed by atoms with Crippen molar-refractivity contribution in [3.63, 3.8) is 0 Å². The minimum absolute atomic E-state index is 0.703. The molecule has 0 radical (unpaired) electrons. The summed E-state index contributed by atoms with van der Waals surface area (Å²) in [5.74, 6) is 0.881. The summed E-state index contributed by atoms with van der Waals surface area (Å²) in [4.78, 5) is 0. The first-order valence-corrected chi connectivity index (χ1v) is 8.99. The van der Waals surface area contributed by atoms with Gasteiger partial charge in [0.1, 0.15) is 0 Å². The Morgan fingerprint density at radius 1 is 0.737 bits per heavy atom. The van der Waals surface area contributed by atoms with Crippen LogP contribution in [-0.2, 0) is 0 Å². The third-order valence-corrected chi connectivity index (χ3v) is 4.38. The summed E-state index contributed by atoms with van der Waals surface area (Å²) in [5, 5.41) is 3.66. The van der Waals surface area contributed by atoms with E-state index in [9.17, 15) is 0 Å². The Balaban J connectivity index is 3.45. The van der Waals surface area contributed by atoms with Gasteiger partial charge in [-0.2, -0.15) is 0 Å². The predicted molar refractivity (Wildman–Crippen MR) is 88.8 cm³/mol. The Morgan fingerprint density at radius 3 is 1.84 bits per heavy atom. The largest absolute Gasteiger partial charge is 0.314 e. The molecule has 1 N–H and O–H groups in total. The van der Waals surface area contributed by atoms with Crippen LogP contribution in [-0.4, -0.2) is 12.6 Å². The molecule has 0 aliphatic carbocycles. The van der Waals surface area contributed by atoms with E-state index >= 15 is 0 Å². The van der Waals surface area contributed by atoms with Crippen molar-refractivity contribution in [2.24, 2.45) is 5.92 Å². The van der Waals surface area contributed by atoms with Crippen molar-refractivity contribution >= 4 is 0 Å². The molecule has 0 bridgehead atoms. The Labute approximate surface area is 122 Å². The van der Waals surface area contributed by atoms with E-state index in [-0.39, 0.29) is 0 Å². The first kappa shape index (κ1) is 19.0. The third kappa shape index (κ3) is 11.5. The normalized spacial score (nSPS) is 14.5. The zero-order chi connectivity index (χ0) is 14.3. The number of nitrogens with one attached hydrogen (secondary N) is 1. The van der Waals surface area contributed by atoms with Crippen LogP contribution in [0.3, 0.4) is 0 Å². The number of unbranched alkanes of at least 4 members (excludes halogenated alkanes) is 7. The fraction of sp³-hybridized carbons (Fsp3) is 1.00. The Hall–Kier alpha value is -0.0400. The number of hydrogen-bond donors (Lipinski definition) is 1. The van der Waals surface area contributed by atoms with Gasteiger partial charge in [-0.25, -0.2) is 0 Å². The van der Waals surface area contributed by atoms with E-state index in [1.807, 2.05) is 0 Å². The van der Waals surface area contributed by atoms with Crippen LogP contribution in [0.5, 0.6) is 0 Å². The molecule has 0 aliphatic heterocycles. The molecular formula is C18H39N. The standard InChI is InChI=1S/C18H39N/c1-5-8-9-10-11-12-13-14-15-18(7-3)17(4)19-16-6-2/h17-19H,5-16H2,1-4H3. The molecule has 0 aromatic carbocycles. The molecule has 2 unspecified atom stereocenters. The van der Waals surface area contributed by atoms with Gasteiger partial charge in [-0.15, -0.1) is 0 Å². The molecule has 2 atom stereocenters. The maximum absolute atomic E-state index is 3.66. The molecule has 0 saturated carbocycles. The van der Waals surface area contributed by atoms with E-state index in [1.165, 1.54) is 77.2 Å². The predicted octanol–water partition coefficient (Wildman–Crippen LogP) is 5.93. The van der Waals surface area contributed by atoms with Gasteiger partial charge in [-0.3, -0.25) is 0 Å². The average molecular weight is 270 g/mol. The van der Waals surface area contributed by atoms with Gasteiger partial charge >= 0.3 is 0 Å². The molecule has 0 saturated heterocycles. The van der Waals surface area contributed by atoms with E-state index < -0.39 is 0 Å². The summed E-state index contributed by atoms with van der Waals surface area (Å²) in [7, 11) is 0. The molecule has 0 rings (SSSR count). The van der Waals surface area contributed by atoms with E-state index in [4.69, 9.17) is 0 Å². The lowest BCUT2D eigenvalue weighted by molar-refractivity contribution is 0.332. The van der Waals surface area contributed by atoms with E-state index in [2.05, 4.69) is 33.0 Å². The third-order valence-electron chi connectivity index (χ3n) is 4.38. The molecule has 0 heterocycles. The highest BCUT2D eigenvalue weighted by atomic mass is 14.9. The monoisotopic (exact) mass is 269 g/mol. The highest BCUT2D eigenvalue weighted by molar-refractivity contribution is 4.71. The van der Waals surface area contributed by atoms with Crippen LogP contribution in [0.4, 0.5) is 0 Å². The van der Waals surface area contributed by atoms with Gasteiger partial charge in [-0.1, -0.05) is 78.6 Å². The lowest BCUT2D eigenvalue weighted by Gasteiger charge is -2.23. The van der Waals surface area contributed by atoms with Crippen LogP contribution < -0.4 is 5.32 Å². The molecule has 0 aliphatic rings. The van der Waals surface area contributed by atoms with E-state index in [0.29, 0.717) is 6.04 Å². The first-order chi connectivity index (χ1) is 9.26.